The van der Waals surface area contributed by atoms with E-state index in [0.29, 0.717) is 33.3 Å². The van der Waals surface area contributed by atoms with E-state index in [-0.39, 0.29) is 5.91 Å². The van der Waals surface area contributed by atoms with Gasteiger partial charge in [0.1, 0.15) is 5.52 Å². The number of nitrogens with one attached hydrogen (secondary N) is 1. The number of fused-ring (bicyclic) bond motifs is 1. The molecule has 7 heteroatoms. The van der Waals surface area contributed by atoms with Crippen LogP contribution in [0, 0.1) is 3.57 Å². The van der Waals surface area contributed by atoms with Gasteiger partial charge in [-0.25, -0.2) is 4.98 Å². The van der Waals surface area contributed by atoms with Gasteiger partial charge in [0, 0.05) is 13.7 Å². The Morgan fingerprint density at radius 2 is 1.93 bits per heavy atom. The van der Waals surface area contributed by atoms with Crippen LogP contribution in [0.5, 0.6) is 0 Å². The van der Waals surface area contributed by atoms with E-state index in [1.807, 2.05) is 30.3 Å². The molecule has 27 heavy (non-hydrogen) atoms. The average molecular weight is 554 g/mol. The topological polar surface area (TPSA) is 55.1 Å². The summed E-state index contributed by atoms with van der Waals surface area (Å²) >= 11 is 11.8. The minimum absolute atomic E-state index is 0.185. The van der Waals surface area contributed by atoms with Gasteiger partial charge < -0.3 is 9.73 Å². The number of hydrogen-bond donors (Lipinski definition) is 1. The van der Waals surface area contributed by atoms with E-state index in [9.17, 15) is 4.79 Å². The summed E-state index contributed by atoms with van der Waals surface area (Å²) in [6.45, 7) is 0. The lowest BCUT2D eigenvalue weighted by Gasteiger charge is -2.07. The highest BCUT2D eigenvalue weighted by molar-refractivity contribution is 14.1. The number of anilines is 1. The third-order valence-corrected chi connectivity index (χ3v) is 5.69. The molecule has 0 radical (unpaired) electrons. The molecule has 4 aromatic rings. The smallest absolute Gasteiger partial charge is 0.256 e. The molecule has 1 N–H and O–H groups in total. The van der Waals surface area contributed by atoms with Crippen molar-refractivity contribution >= 4 is 72.8 Å². The first kappa shape index (κ1) is 18.5. The molecule has 1 aromatic heterocycles. The van der Waals surface area contributed by atoms with E-state index in [4.69, 9.17) is 16.0 Å². The summed E-state index contributed by atoms with van der Waals surface area (Å²) in [6, 6.07) is 18.3. The fraction of sp³-hybridized carbons (Fsp3) is 0. The molecular formula is C20H11BrClIN2O2. The Kier molecular flexibility index (Phi) is 5.21. The molecule has 4 nitrogen and oxygen atoms in total. The van der Waals surface area contributed by atoms with Gasteiger partial charge >= 0.3 is 0 Å². The van der Waals surface area contributed by atoms with Gasteiger partial charge in [0.25, 0.3) is 5.91 Å². The molecule has 1 heterocycles. The van der Waals surface area contributed by atoms with Gasteiger partial charge in [-0.05, 0) is 71.1 Å². The molecule has 134 valence electrons. The first-order valence-electron chi connectivity index (χ1n) is 7.93. The van der Waals surface area contributed by atoms with Crippen molar-refractivity contribution in [3.8, 4) is 11.5 Å². The van der Waals surface area contributed by atoms with Crippen molar-refractivity contribution < 1.29 is 9.21 Å². The number of carbonyl (C=O) groups is 1. The molecule has 0 aliphatic heterocycles. The van der Waals surface area contributed by atoms with Crippen molar-refractivity contribution in [3.05, 3.63) is 79.3 Å². The molecule has 4 rings (SSSR count). The second kappa shape index (κ2) is 7.61. The van der Waals surface area contributed by atoms with Crippen LogP contribution < -0.4 is 5.32 Å². The number of amides is 1. The summed E-state index contributed by atoms with van der Waals surface area (Å²) in [4.78, 5) is 17.1. The number of nitrogens with zero attached hydrogens (tertiary/aromatic N) is 1. The van der Waals surface area contributed by atoms with Crippen molar-refractivity contribution in [2.75, 3.05) is 5.32 Å². The first-order valence-corrected chi connectivity index (χ1v) is 10.2. The van der Waals surface area contributed by atoms with Gasteiger partial charge in [0.05, 0.1) is 16.1 Å². The minimum atomic E-state index is -0.185. The monoisotopic (exact) mass is 552 g/mol. The van der Waals surface area contributed by atoms with Crippen LogP contribution in [0.3, 0.4) is 0 Å². The van der Waals surface area contributed by atoms with Gasteiger partial charge in [-0.2, -0.15) is 0 Å². The maximum Gasteiger partial charge on any atom is 0.256 e. The van der Waals surface area contributed by atoms with Gasteiger partial charge in [-0.3, -0.25) is 4.79 Å². The van der Waals surface area contributed by atoms with E-state index < -0.39 is 0 Å². The quantitative estimate of drug-likeness (QED) is 0.285. The maximum atomic E-state index is 12.6. The van der Waals surface area contributed by atoms with E-state index in [2.05, 4.69) is 48.8 Å². The lowest BCUT2D eigenvalue weighted by atomic mass is 10.2. The SMILES string of the molecule is O=C(Nc1ccc2oc(-c3ccccc3Cl)nc2c1)c1cc(Br)ccc1I. The zero-order valence-electron chi connectivity index (χ0n) is 13.7. The average Bonchev–Trinajstić information content (AvgIpc) is 3.07. The Bertz CT molecular complexity index is 1180. The van der Waals surface area contributed by atoms with Gasteiger partial charge in [0.2, 0.25) is 5.89 Å². The Hall–Kier alpha value is -1.90. The molecule has 1 amide bonds. The zero-order valence-corrected chi connectivity index (χ0v) is 18.2. The predicted octanol–water partition coefficient (Wildman–Crippen LogP) is 6.77. The number of carbonyl (C=O) groups excluding carboxylic acids is 1. The zero-order chi connectivity index (χ0) is 19.0. The molecule has 0 bridgehead atoms. The van der Waals surface area contributed by atoms with Crippen molar-refractivity contribution in [1.29, 1.82) is 0 Å². The molecule has 0 saturated heterocycles. The van der Waals surface area contributed by atoms with E-state index in [1.165, 1.54) is 0 Å². The molecule has 0 unspecified atom stereocenters. The number of rotatable bonds is 3. The highest BCUT2D eigenvalue weighted by Gasteiger charge is 2.14. The Morgan fingerprint density at radius 1 is 1.11 bits per heavy atom. The summed E-state index contributed by atoms with van der Waals surface area (Å²) in [5.74, 6) is 0.260. The summed E-state index contributed by atoms with van der Waals surface area (Å²) in [5.41, 5.74) is 3.24. The largest absolute Gasteiger partial charge is 0.436 e. The molecule has 0 fully saturated rings. The van der Waals surface area contributed by atoms with Crippen LogP contribution in [0.4, 0.5) is 5.69 Å². The van der Waals surface area contributed by atoms with E-state index >= 15 is 0 Å². The second-order valence-corrected chi connectivity index (χ2v) is 8.24. The van der Waals surface area contributed by atoms with Gasteiger partial charge in [-0.15, -0.1) is 0 Å². The Morgan fingerprint density at radius 3 is 2.74 bits per heavy atom. The molecular weight excluding hydrogens is 542 g/mol. The highest BCUT2D eigenvalue weighted by Crippen LogP contribution is 2.31. The number of oxazole rings is 1. The van der Waals surface area contributed by atoms with E-state index in [1.54, 1.807) is 30.3 Å². The Balaban J connectivity index is 1.65. The van der Waals surface area contributed by atoms with Crippen molar-refractivity contribution in [3.63, 3.8) is 0 Å². The van der Waals surface area contributed by atoms with Gasteiger partial charge in [0.15, 0.2) is 5.58 Å². The van der Waals surface area contributed by atoms with Crippen molar-refractivity contribution in [2.24, 2.45) is 0 Å². The highest BCUT2D eigenvalue weighted by atomic mass is 127. The van der Waals surface area contributed by atoms with Crippen LogP contribution in [-0.2, 0) is 0 Å². The normalized spacial score (nSPS) is 10.9. The van der Waals surface area contributed by atoms with Gasteiger partial charge in [-0.1, -0.05) is 39.7 Å². The lowest BCUT2D eigenvalue weighted by molar-refractivity contribution is 0.102. The summed E-state index contributed by atoms with van der Waals surface area (Å²) in [7, 11) is 0. The van der Waals surface area contributed by atoms with Crippen LogP contribution in [0.15, 0.2) is 69.6 Å². The fourth-order valence-corrected chi connectivity index (χ4v) is 3.78. The Labute approximate surface area is 182 Å². The molecule has 0 aliphatic carbocycles. The molecule has 0 saturated carbocycles. The summed E-state index contributed by atoms with van der Waals surface area (Å²) in [6.07, 6.45) is 0. The van der Waals surface area contributed by atoms with Crippen LogP contribution in [0.2, 0.25) is 5.02 Å². The number of halogens is 3. The number of hydrogen-bond acceptors (Lipinski definition) is 3. The molecule has 3 aromatic carbocycles. The standard InChI is InChI=1S/C20H11BrClIN2O2/c21-11-5-7-16(23)14(9-11)19(26)24-12-6-8-18-17(10-12)25-20(27-18)13-3-1-2-4-15(13)22/h1-10H,(H,24,26). The third kappa shape index (κ3) is 3.88. The lowest BCUT2D eigenvalue weighted by Crippen LogP contribution is -2.13. The van der Waals surface area contributed by atoms with Crippen LogP contribution in [0.1, 0.15) is 10.4 Å². The van der Waals surface area contributed by atoms with Crippen LogP contribution >= 0.6 is 50.1 Å². The third-order valence-electron chi connectivity index (χ3n) is 3.92. The minimum Gasteiger partial charge on any atom is -0.436 e. The van der Waals surface area contributed by atoms with Crippen molar-refractivity contribution in [2.45, 2.75) is 0 Å². The predicted molar refractivity (Wildman–Crippen MR) is 119 cm³/mol. The van der Waals surface area contributed by atoms with Crippen molar-refractivity contribution in [1.82, 2.24) is 4.98 Å². The summed E-state index contributed by atoms with van der Waals surface area (Å²) in [5, 5.41) is 3.48. The number of aromatic nitrogens is 1. The molecule has 0 atom stereocenters. The molecule has 0 spiro atoms. The first-order chi connectivity index (χ1) is 13.0. The van der Waals surface area contributed by atoms with Crippen LogP contribution in [0.25, 0.3) is 22.6 Å². The second-order valence-electron chi connectivity index (χ2n) is 5.76. The fourth-order valence-electron chi connectivity index (χ4n) is 2.62. The maximum absolute atomic E-state index is 12.6. The van der Waals surface area contributed by atoms with E-state index in [0.717, 1.165) is 13.6 Å². The van der Waals surface area contributed by atoms with Crippen LogP contribution in [-0.4, -0.2) is 10.9 Å². The number of benzene rings is 3. The molecule has 0 aliphatic rings. The summed E-state index contributed by atoms with van der Waals surface area (Å²) < 4.78 is 7.52.